The van der Waals surface area contributed by atoms with Crippen molar-refractivity contribution in [2.75, 3.05) is 19.1 Å². The third-order valence-electron chi connectivity index (χ3n) is 2.80. The van der Waals surface area contributed by atoms with Crippen molar-refractivity contribution in [2.45, 2.75) is 25.9 Å². The Morgan fingerprint density at radius 1 is 1.41 bits per heavy atom. The lowest BCUT2D eigenvalue weighted by Gasteiger charge is -2.24. The fraction of sp³-hybridized carbons (Fsp3) is 0.583. The quantitative estimate of drug-likeness (QED) is 0.739. The lowest BCUT2D eigenvalue weighted by Crippen LogP contribution is -2.29. The molecule has 0 fully saturated rings. The molecule has 1 aromatic rings. The molecule has 1 rings (SSSR count). The molecule has 17 heavy (non-hydrogen) atoms. The number of nitrogens with zero attached hydrogens (tertiary/aromatic N) is 2. The monoisotopic (exact) mass is 292 g/mol. The minimum Gasteiger partial charge on any atom is -0.299 e. The van der Waals surface area contributed by atoms with Crippen LogP contribution >= 0.6 is 35.0 Å². The minimum atomic E-state index is 0.442. The molecule has 1 unspecified atom stereocenters. The van der Waals surface area contributed by atoms with Crippen molar-refractivity contribution >= 4 is 35.0 Å². The van der Waals surface area contributed by atoms with Gasteiger partial charge in [-0.15, -0.1) is 0 Å². The van der Waals surface area contributed by atoms with Crippen molar-refractivity contribution in [3.05, 3.63) is 28.0 Å². The van der Waals surface area contributed by atoms with E-state index >= 15 is 0 Å². The van der Waals surface area contributed by atoms with Crippen LogP contribution in [0.3, 0.4) is 0 Å². The van der Waals surface area contributed by atoms with E-state index < -0.39 is 0 Å². The Bertz CT molecular complexity index is 360. The number of rotatable bonds is 6. The van der Waals surface area contributed by atoms with E-state index in [1.165, 1.54) is 12.2 Å². The van der Waals surface area contributed by atoms with Gasteiger partial charge in [-0.25, -0.2) is 4.98 Å². The average Bonchev–Trinajstić information content (AvgIpc) is 2.29. The second kappa shape index (κ2) is 7.47. The Morgan fingerprint density at radius 3 is 2.71 bits per heavy atom. The van der Waals surface area contributed by atoms with E-state index in [0.29, 0.717) is 16.3 Å². The molecule has 0 aromatic carbocycles. The van der Waals surface area contributed by atoms with E-state index in [4.69, 9.17) is 23.2 Å². The molecule has 5 heteroatoms. The van der Waals surface area contributed by atoms with Crippen molar-refractivity contribution in [1.82, 2.24) is 9.88 Å². The molecule has 0 amide bonds. The zero-order valence-electron chi connectivity index (χ0n) is 10.4. The van der Waals surface area contributed by atoms with Crippen LogP contribution in [0, 0.1) is 0 Å². The first-order valence-electron chi connectivity index (χ1n) is 5.54. The first kappa shape index (κ1) is 15.1. The van der Waals surface area contributed by atoms with Crippen LogP contribution in [0.5, 0.6) is 0 Å². The van der Waals surface area contributed by atoms with E-state index in [1.54, 1.807) is 6.07 Å². The summed E-state index contributed by atoms with van der Waals surface area (Å²) in [6.45, 7) is 3.03. The van der Waals surface area contributed by atoms with Gasteiger partial charge in [0.2, 0.25) is 0 Å². The molecule has 1 heterocycles. The highest BCUT2D eigenvalue weighted by molar-refractivity contribution is 7.98. The third-order valence-corrected chi connectivity index (χ3v) is 3.99. The fourth-order valence-corrected chi connectivity index (χ4v) is 2.47. The van der Waals surface area contributed by atoms with Gasteiger partial charge in [0.25, 0.3) is 0 Å². The van der Waals surface area contributed by atoms with E-state index in [1.807, 2.05) is 17.8 Å². The summed E-state index contributed by atoms with van der Waals surface area (Å²) in [4.78, 5) is 6.33. The molecule has 0 aliphatic rings. The summed E-state index contributed by atoms with van der Waals surface area (Å²) in [6.07, 6.45) is 3.31. The molecule has 0 N–H and O–H groups in total. The minimum absolute atomic E-state index is 0.442. The average molecular weight is 293 g/mol. The Morgan fingerprint density at radius 2 is 2.12 bits per heavy atom. The summed E-state index contributed by atoms with van der Waals surface area (Å²) in [6, 6.07) is 4.26. The van der Waals surface area contributed by atoms with Crippen molar-refractivity contribution in [3.63, 3.8) is 0 Å². The Labute approximate surface area is 118 Å². The van der Waals surface area contributed by atoms with Gasteiger partial charge in [0.05, 0.1) is 0 Å². The van der Waals surface area contributed by atoms with Crippen LogP contribution < -0.4 is 0 Å². The number of aromatic nitrogens is 1. The molecule has 0 bridgehead atoms. The number of halogens is 2. The van der Waals surface area contributed by atoms with Gasteiger partial charge in [0, 0.05) is 18.2 Å². The second-order valence-corrected chi connectivity index (χ2v) is 5.86. The second-order valence-electron chi connectivity index (χ2n) is 4.13. The van der Waals surface area contributed by atoms with Gasteiger partial charge in [-0.3, -0.25) is 4.90 Å². The molecular formula is C12H18Cl2N2S. The summed E-state index contributed by atoms with van der Waals surface area (Å²) in [5, 5.41) is 0.943. The smallest absolute Gasteiger partial charge is 0.135 e. The number of thioether (sulfide) groups is 1. The lowest BCUT2D eigenvalue weighted by molar-refractivity contribution is 0.245. The van der Waals surface area contributed by atoms with Crippen LogP contribution in [0.1, 0.15) is 18.9 Å². The normalized spacial score (nSPS) is 13.1. The molecule has 0 saturated carbocycles. The van der Waals surface area contributed by atoms with Crippen LogP contribution in [0.4, 0.5) is 0 Å². The van der Waals surface area contributed by atoms with E-state index in [9.17, 15) is 0 Å². The maximum atomic E-state index is 6.06. The lowest BCUT2D eigenvalue weighted by atomic mass is 10.2. The van der Waals surface area contributed by atoms with Gasteiger partial charge < -0.3 is 0 Å². The van der Waals surface area contributed by atoms with Crippen LogP contribution in [0.25, 0.3) is 0 Å². The van der Waals surface area contributed by atoms with Crippen molar-refractivity contribution in [3.8, 4) is 0 Å². The summed E-state index contributed by atoms with van der Waals surface area (Å²) in [5.41, 5.74) is 1.02. The van der Waals surface area contributed by atoms with Gasteiger partial charge in [-0.1, -0.05) is 29.3 Å². The molecule has 0 saturated heterocycles. The highest BCUT2D eigenvalue weighted by Gasteiger charge is 2.11. The zero-order valence-corrected chi connectivity index (χ0v) is 12.7. The Balaban J connectivity index is 2.58. The fourth-order valence-electron chi connectivity index (χ4n) is 1.49. The maximum Gasteiger partial charge on any atom is 0.135 e. The summed E-state index contributed by atoms with van der Waals surface area (Å²) < 4.78 is 0. The highest BCUT2D eigenvalue weighted by atomic mass is 35.5. The van der Waals surface area contributed by atoms with Gasteiger partial charge in [-0.05, 0) is 38.5 Å². The molecular weight excluding hydrogens is 275 g/mol. The predicted octanol–water partition coefficient (Wildman–Crippen LogP) is 3.96. The third kappa shape index (κ3) is 5.04. The molecule has 1 atom stereocenters. The van der Waals surface area contributed by atoms with Crippen LogP contribution in [-0.2, 0) is 6.54 Å². The SMILES string of the molecule is CSCCC(C)N(C)Cc1ccc(Cl)nc1Cl. The van der Waals surface area contributed by atoms with Crippen molar-refractivity contribution in [1.29, 1.82) is 0 Å². The maximum absolute atomic E-state index is 6.06. The van der Waals surface area contributed by atoms with Crippen molar-refractivity contribution < 1.29 is 0 Å². The largest absolute Gasteiger partial charge is 0.299 e. The van der Waals surface area contributed by atoms with Gasteiger partial charge in [0.15, 0.2) is 0 Å². The summed E-state index contributed by atoms with van der Waals surface area (Å²) in [7, 11) is 2.11. The Kier molecular flexibility index (Phi) is 6.63. The molecule has 0 spiro atoms. The Hall–Kier alpha value is 0.0400. The number of hydrogen-bond acceptors (Lipinski definition) is 3. The van der Waals surface area contributed by atoms with E-state index in [0.717, 1.165) is 12.1 Å². The molecule has 0 aliphatic heterocycles. The molecule has 1 aromatic heterocycles. The topological polar surface area (TPSA) is 16.1 Å². The van der Waals surface area contributed by atoms with E-state index in [-0.39, 0.29) is 0 Å². The van der Waals surface area contributed by atoms with E-state index in [2.05, 4.69) is 30.1 Å². The van der Waals surface area contributed by atoms with Crippen LogP contribution in [-0.4, -0.2) is 35.0 Å². The first-order valence-corrected chi connectivity index (χ1v) is 7.69. The number of pyridine rings is 1. The first-order chi connectivity index (χ1) is 8.04. The predicted molar refractivity (Wildman–Crippen MR) is 78.2 cm³/mol. The number of hydrogen-bond donors (Lipinski definition) is 0. The molecule has 2 nitrogen and oxygen atoms in total. The standard InChI is InChI=1S/C12H18Cl2N2S/c1-9(6-7-17-3)16(2)8-10-4-5-11(13)15-12(10)14/h4-5,9H,6-8H2,1-3H3. The summed E-state index contributed by atoms with van der Waals surface area (Å²) >= 11 is 13.7. The molecule has 0 aliphatic carbocycles. The van der Waals surface area contributed by atoms with Crippen LogP contribution in [0.15, 0.2) is 12.1 Å². The zero-order chi connectivity index (χ0) is 12.8. The van der Waals surface area contributed by atoms with Gasteiger partial charge >= 0.3 is 0 Å². The molecule has 0 radical (unpaired) electrons. The van der Waals surface area contributed by atoms with Gasteiger partial charge in [-0.2, -0.15) is 11.8 Å². The van der Waals surface area contributed by atoms with Crippen molar-refractivity contribution in [2.24, 2.45) is 0 Å². The van der Waals surface area contributed by atoms with Gasteiger partial charge in [0.1, 0.15) is 10.3 Å². The summed E-state index contributed by atoms with van der Waals surface area (Å²) in [5.74, 6) is 1.18. The van der Waals surface area contributed by atoms with Crippen LogP contribution in [0.2, 0.25) is 10.3 Å². The molecule has 96 valence electrons. The highest BCUT2D eigenvalue weighted by Crippen LogP contribution is 2.19.